The maximum atomic E-state index is 12.2. The zero-order valence-corrected chi connectivity index (χ0v) is 16.3. The lowest BCUT2D eigenvalue weighted by atomic mass is 10.1. The summed E-state index contributed by atoms with van der Waals surface area (Å²) in [6.45, 7) is 6.54. The number of nitrogens with one attached hydrogen (secondary N) is 3. The number of thiocarbonyl (C=S) groups is 1. The molecule has 0 saturated heterocycles. The molecule has 0 radical (unpaired) electrons. The zero-order chi connectivity index (χ0) is 19.4. The summed E-state index contributed by atoms with van der Waals surface area (Å²) in [4.78, 5) is 12.2. The van der Waals surface area contributed by atoms with E-state index in [0.29, 0.717) is 17.2 Å². The Bertz CT molecular complexity index is 958. The number of rotatable bonds is 3. The lowest BCUT2D eigenvalue weighted by Crippen LogP contribution is -2.52. The van der Waals surface area contributed by atoms with Gasteiger partial charge >= 0.3 is 0 Å². The number of carbonyl (C=O) groups is 1. The average Bonchev–Trinajstić information content (AvgIpc) is 3.02. The fraction of sp³-hybridized carbons (Fsp3) is 0.263. The van der Waals surface area contributed by atoms with E-state index in [1.165, 1.54) is 0 Å². The Kier molecular flexibility index (Phi) is 5.36. The lowest BCUT2D eigenvalue weighted by Gasteiger charge is -2.23. The molecule has 0 atom stereocenters. The van der Waals surface area contributed by atoms with Gasteiger partial charge in [-0.1, -0.05) is 29.5 Å². The van der Waals surface area contributed by atoms with Crippen molar-refractivity contribution < 1.29 is 4.79 Å². The quantitative estimate of drug-likeness (QED) is 0.477. The van der Waals surface area contributed by atoms with Crippen LogP contribution in [-0.4, -0.2) is 31.6 Å². The molecule has 3 aromatic rings. The molecular formula is C19H22N6OS. The van der Waals surface area contributed by atoms with Gasteiger partial charge in [0.25, 0.3) is 5.91 Å². The molecule has 1 heterocycles. The highest BCUT2D eigenvalue weighted by Gasteiger charge is 2.12. The third-order valence-corrected chi connectivity index (χ3v) is 3.95. The summed E-state index contributed by atoms with van der Waals surface area (Å²) in [5, 5.41) is 11.8. The number of carbonyl (C=O) groups excluding carboxylic acids is 1. The van der Waals surface area contributed by atoms with Crippen LogP contribution in [0.5, 0.6) is 0 Å². The molecule has 0 aliphatic carbocycles. The number of hydrogen-bond donors (Lipinski definition) is 3. The molecule has 7 nitrogen and oxygen atoms in total. The Morgan fingerprint density at radius 3 is 2.48 bits per heavy atom. The summed E-state index contributed by atoms with van der Waals surface area (Å²) < 4.78 is 1.84. The maximum absolute atomic E-state index is 12.2. The molecule has 2 aromatic carbocycles. The SMILES string of the molecule is CC(C)(C)NC(=S)NNC(=O)c1ccc(Cn2nnc3ccccc32)cc1. The number of amides is 1. The second-order valence-electron chi connectivity index (χ2n) is 7.22. The fourth-order valence-corrected chi connectivity index (χ4v) is 2.88. The second kappa shape index (κ2) is 7.71. The highest BCUT2D eigenvalue weighted by molar-refractivity contribution is 7.80. The Balaban J connectivity index is 1.60. The van der Waals surface area contributed by atoms with E-state index >= 15 is 0 Å². The van der Waals surface area contributed by atoms with Gasteiger partial charge < -0.3 is 5.32 Å². The fourth-order valence-electron chi connectivity index (χ4n) is 2.53. The van der Waals surface area contributed by atoms with Gasteiger partial charge in [-0.3, -0.25) is 15.6 Å². The van der Waals surface area contributed by atoms with Gasteiger partial charge in [0.1, 0.15) is 5.52 Å². The van der Waals surface area contributed by atoms with Gasteiger partial charge in [0.15, 0.2) is 5.11 Å². The van der Waals surface area contributed by atoms with Crippen LogP contribution in [0, 0.1) is 0 Å². The molecule has 27 heavy (non-hydrogen) atoms. The zero-order valence-electron chi connectivity index (χ0n) is 15.5. The van der Waals surface area contributed by atoms with Crippen molar-refractivity contribution in [3.8, 4) is 0 Å². The van der Waals surface area contributed by atoms with Crippen LogP contribution in [0.25, 0.3) is 11.0 Å². The van der Waals surface area contributed by atoms with E-state index in [0.717, 1.165) is 16.6 Å². The number of fused-ring (bicyclic) bond motifs is 1. The van der Waals surface area contributed by atoms with Gasteiger partial charge in [-0.2, -0.15) is 0 Å². The third-order valence-electron chi connectivity index (χ3n) is 3.75. The molecule has 0 bridgehead atoms. The Labute approximate surface area is 163 Å². The minimum Gasteiger partial charge on any atom is -0.357 e. The van der Waals surface area contributed by atoms with Crippen molar-refractivity contribution in [2.24, 2.45) is 0 Å². The number of para-hydroxylation sites is 1. The van der Waals surface area contributed by atoms with Crippen molar-refractivity contribution in [2.75, 3.05) is 0 Å². The molecule has 0 aliphatic heterocycles. The predicted molar refractivity (Wildman–Crippen MR) is 109 cm³/mol. The summed E-state index contributed by atoms with van der Waals surface area (Å²) in [6.07, 6.45) is 0. The van der Waals surface area contributed by atoms with Crippen LogP contribution < -0.4 is 16.2 Å². The molecule has 1 aromatic heterocycles. The van der Waals surface area contributed by atoms with Crippen LogP contribution in [0.1, 0.15) is 36.7 Å². The number of hydrazine groups is 1. The largest absolute Gasteiger partial charge is 0.357 e. The molecule has 3 N–H and O–H groups in total. The van der Waals surface area contributed by atoms with Crippen molar-refractivity contribution in [3.05, 3.63) is 59.7 Å². The van der Waals surface area contributed by atoms with E-state index in [4.69, 9.17) is 12.2 Å². The van der Waals surface area contributed by atoms with Crippen molar-refractivity contribution >= 4 is 34.3 Å². The minimum absolute atomic E-state index is 0.179. The second-order valence-corrected chi connectivity index (χ2v) is 7.62. The van der Waals surface area contributed by atoms with Crippen LogP contribution in [-0.2, 0) is 6.54 Å². The Morgan fingerprint density at radius 2 is 1.78 bits per heavy atom. The predicted octanol–water partition coefficient (Wildman–Crippen LogP) is 2.39. The van der Waals surface area contributed by atoms with Gasteiger partial charge in [0.2, 0.25) is 0 Å². The molecule has 140 valence electrons. The summed E-state index contributed by atoms with van der Waals surface area (Å²) in [5.74, 6) is -0.259. The van der Waals surface area contributed by atoms with E-state index < -0.39 is 0 Å². The van der Waals surface area contributed by atoms with Crippen LogP contribution in [0.2, 0.25) is 0 Å². The number of nitrogens with zero attached hydrogens (tertiary/aromatic N) is 3. The standard InChI is InChI=1S/C19H22N6OS/c1-19(2,3)20-18(27)23-22-17(26)14-10-8-13(9-11-14)12-25-16-7-5-4-6-15(16)21-24-25/h4-11H,12H2,1-3H3,(H,22,26)(H2,20,23,27). The number of aromatic nitrogens is 3. The van der Waals surface area contributed by atoms with Gasteiger partial charge in [0, 0.05) is 11.1 Å². The molecule has 0 unspecified atom stereocenters. The van der Waals surface area contributed by atoms with Crippen LogP contribution in [0.3, 0.4) is 0 Å². The van der Waals surface area contributed by atoms with Crippen molar-refractivity contribution in [3.63, 3.8) is 0 Å². The molecule has 0 saturated carbocycles. The van der Waals surface area contributed by atoms with Gasteiger partial charge in [-0.25, -0.2) is 4.68 Å². The molecular weight excluding hydrogens is 360 g/mol. The molecule has 0 aliphatic rings. The lowest BCUT2D eigenvalue weighted by molar-refractivity contribution is 0.0943. The van der Waals surface area contributed by atoms with E-state index in [1.54, 1.807) is 12.1 Å². The Hall–Kier alpha value is -3.00. The van der Waals surface area contributed by atoms with E-state index in [-0.39, 0.29) is 11.4 Å². The van der Waals surface area contributed by atoms with Crippen molar-refractivity contribution in [1.29, 1.82) is 0 Å². The van der Waals surface area contributed by atoms with E-state index in [2.05, 4.69) is 26.5 Å². The monoisotopic (exact) mass is 382 g/mol. The first-order chi connectivity index (χ1) is 12.8. The van der Waals surface area contributed by atoms with Crippen LogP contribution in [0.4, 0.5) is 0 Å². The molecule has 0 spiro atoms. The third kappa shape index (κ3) is 5.01. The average molecular weight is 382 g/mol. The van der Waals surface area contributed by atoms with E-state index in [1.807, 2.05) is 61.9 Å². The highest BCUT2D eigenvalue weighted by Crippen LogP contribution is 2.12. The van der Waals surface area contributed by atoms with Crippen molar-refractivity contribution in [2.45, 2.75) is 32.9 Å². The van der Waals surface area contributed by atoms with Gasteiger partial charge in [-0.15, -0.1) is 5.10 Å². The first-order valence-electron chi connectivity index (χ1n) is 8.57. The smallest absolute Gasteiger partial charge is 0.269 e. The van der Waals surface area contributed by atoms with Crippen LogP contribution in [0.15, 0.2) is 48.5 Å². The normalized spacial score (nSPS) is 11.2. The van der Waals surface area contributed by atoms with Crippen LogP contribution >= 0.6 is 12.2 Å². The number of benzene rings is 2. The number of hydrogen-bond acceptors (Lipinski definition) is 4. The molecule has 1 amide bonds. The topological polar surface area (TPSA) is 83.9 Å². The first-order valence-corrected chi connectivity index (χ1v) is 8.98. The Morgan fingerprint density at radius 1 is 1.07 bits per heavy atom. The highest BCUT2D eigenvalue weighted by atomic mass is 32.1. The summed E-state index contributed by atoms with van der Waals surface area (Å²) >= 11 is 5.14. The summed E-state index contributed by atoms with van der Waals surface area (Å²) in [6, 6.07) is 15.1. The molecule has 3 rings (SSSR count). The summed E-state index contributed by atoms with van der Waals surface area (Å²) in [5.41, 5.74) is 8.52. The molecule has 0 fully saturated rings. The maximum Gasteiger partial charge on any atom is 0.269 e. The van der Waals surface area contributed by atoms with Gasteiger partial charge in [-0.05, 0) is 62.8 Å². The summed E-state index contributed by atoms with van der Waals surface area (Å²) in [7, 11) is 0. The van der Waals surface area contributed by atoms with Gasteiger partial charge in [0.05, 0.1) is 12.1 Å². The molecule has 8 heteroatoms. The minimum atomic E-state index is -0.259. The van der Waals surface area contributed by atoms with Crippen molar-refractivity contribution in [1.82, 2.24) is 31.2 Å². The van der Waals surface area contributed by atoms with E-state index in [9.17, 15) is 4.79 Å². The first kappa shape index (κ1) is 18.8.